The molecule has 1 aliphatic carbocycles. The van der Waals surface area contributed by atoms with Crippen LogP contribution in [0.15, 0.2) is 0 Å². The fraction of sp³-hybridized carbons (Fsp3) is 0.692. The molecule has 0 saturated heterocycles. The van der Waals surface area contributed by atoms with E-state index in [2.05, 4.69) is 10.4 Å². The van der Waals surface area contributed by atoms with E-state index < -0.39 is 4.92 Å². The zero-order valence-electron chi connectivity index (χ0n) is 12.5. The Balaban J connectivity index is 2.04. The summed E-state index contributed by atoms with van der Waals surface area (Å²) in [6.45, 7) is 1.62. The highest BCUT2D eigenvalue weighted by Crippen LogP contribution is 2.32. The minimum atomic E-state index is -0.412. The molecule has 8 heteroatoms. The summed E-state index contributed by atoms with van der Waals surface area (Å²) in [6.07, 6.45) is 3.02. The van der Waals surface area contributed by atoms with E-state index in [-0.39, 0.29) is 23.6 Å². The number of methoxy groups -OCH3 is 1. The molecule has 0 radical (unpaired) electrons. The summed E-state index contributed by atoms with van der Waals surface area (Å²) in [7, 11) is 3.08. The molecule has 1 heterocycles. The van der Waals surface area contributed by atoms with E-state index >= 15 is 0 Å². The van der Waals surface area contributed by atoms with Crippen LogP contribution >= 0.6 is 0 Å². The van der Waals surface area contributed by atoms with Crippen molar-refractivity contribution >= 4 is 17.5 Å². The number of ether oxygens (including phenoxy) is 1. The lowest BCUT2D eigenvalue weighted by atomic mass is 9.86. The number of nitrogens with zero attached hydrogens (tertiary/aromatic N) is 3. The number of aryl methyl sites for hydroxylation is 2. The molecule has 1 saturated carbocycles. The molecule has 8 nitrogen and oxygen atoms in total. The summed E-state index contributed by atoms with van der Waals surface area (Å²) in [5.74, 6) is 0.200. The predicted octanol–water partition coefficient (Wildman–Crippen LogP) is 1.78. The Bertz CT molecular complexity index is 547. The monoisotopic (exact) mass is 296 g/mol. The average molecular weight is 296 g/mol. The maximum absolute atomic E-state index is 11.5. The molecule has 0 amide bonds. The second-order valence-electron chi connectivity index (χ2n) is 5.38. The summed E-state index contributed by atoms with van der Waals surface area (Å²) >= 11 is 0. The molecule has 1 aromatic heterocycles. The van der Waals surface area contributed by atoms with Gasteiger partial charge in [-0.05, 0) is 32.6 Å². The number of rotatable bonds is 4. The normalized spacial score (nSPS) is 21.9. The SMILES string of the molecule is COC(=O)C1CCC(Nc2c([N+](=O)[O-])c(C)nn2C)CC1. The summed E-state index contributed by atoms with van der Waals surface area (Å²) < 4.78 is 6.25. The van der Waals surface area contributed by atoms with E-state index in [1.54, 1.807) is 14.0 Å². The Kier molecular flexibility index (Phi) is 4.44. The zero-order chi connectivity index (χ0) is 15.6. The molecule has 0 bridgehead atoms. The van der Waals surface area contributed by atoms with Crippen LogP contribution in [-0.4, -0.2) is 33.8 Å². The van der Waals surface area contributed by atoms with Gasteiger partial charge in [-0.25, -0.2) is 4.68 Å². The zero-order valence-corrected chi connectivity index (χ0v) is 12.5. The molecule has 21 heavy (non-hydrogen) atoms. The van der Waals surface area contributed by atoms with Crippen molar-refractivity contribution in [3.05, 3.63) is 15.8 Å². The molecular weight excluding hydrogens is 276 g/mol. The molecule has 0 aliphatic heterocycles. The molecule has 0 spiro atoms. The standard InChI is InChI=1S/C13H20N4O4/c1-8-11(17(19)20)12(16(2)15-8)14-10-6-4-9(5-7-10)13(18)21-3/h9-10,14H,4-7H2,1-3H3. The number of nitrogens with one attached hydrogen (secondary N) is 1. The first-order valence-corrected chi connectivity index (χ1v) is 6.96. The van der Waals surface area contributed by atoms with Gasteiger partial charge in [0.1, 0.15) is 5.69 Å². The van der Waals surface area contributed by atoms with Crippen molar-refractivity contribution in [3.63, 3.8) is 0 Å². The Labute approximate surface area is 122 Å². The topological polar surface area (TPSA) is 99.3 Å². The molecule has 2 rings (SSSR count). The van der Waals surface area contributed by atoms with Gasteiger partial charge < -0.3 is 10.1 Å². The second-order valence-corrected chi connectivity index (χ2v) is 5.38. The highest BCUT2D eigenvalue weighted by molar-refractivity contribution is 5.72. The van der Waals surface area contributed by atoms with Gasteiger partial charge >= 0.3 is 11.7 Å². The van der Waals surface area contributed by atoms with E-state index in [1.807, 2.05) is 0 Å². The van der Waals surface area contributed by atoms with Crippen molar-refractivity contribution in [2.45, 2.75) is 38.6 Å². The third kappa shape index (κ3) is 3.14. The van der Waals surface area contributed by atoms with Crippen LogP contribution in [0, 0.1) is 23.0 Å². The van der Waals surface area contributed by atoms with E-state index in [9.17, 15) is 14.9 Å². The van der Waals surface area contributed by atoms with Crippen LogP contribution in [0.1, 0.15) is 31.4 Å². The van der Waals surface area contributed by atoms with Crippen LogP contribution < -0.4 is 5.32 Å². The summed E-state index contributed by atoms with van der Waals surface area (Å²) in [5.41, 5.74) is 0.417. The van der Waals surface area contributed by atoms with Crippen molar-refractivity contribution in [1.82, 2.24) is 9.78 Å². The van der Waals surface area contributed by atoms with E-state index in [0.29, 0.717) is 11.5 Å². The van der Waals surface area contributed by atoms with Crippen molar-refractivity contribution in [3.8, 4) is 0 Å². The highest BCUT2D eigenvalue weighted by Gasteiger charge is 2.30. The van der Waals surface area contributed by atoms with Gasteiger partial charge in [-0.15, -0.1) is 0 Å². The molecule has 0 aromatic carbocycles. The minimum absolute atomic E-state index is 0.0209. The maximum Gasteiger partial charge on any atom is 0.333 e. The van der Waals surface area contributed by atoms with Crippen LogP contribution in [0.2, 0.25) is 0 Å². The van der Waals surface area contributed by atoms with Crippen LogP contribution in [0.25, 0.3) is 0 Å². The maximum atomic E-state index is 11.5. The van der Waals surface area contributed by atoms with Crippen molar-refractivity contribution in [2.75, 3.05) is 12.4 Å². The Morgan fingerprint density at radius 3 is 2.57 bits per heavy atom. The molecule has 116 valence electrons. The Hall–Kier alpha value is -2.12. The molecule has 0 atom stereocenters. The molecule has 1 aliphatic rings. The smallest absolute Gasteiger partial charge is 0.333 e. The number of carbonyl (C=O) groups is 1. The summed E-state index contributed by atoms with van der Waals surface area (Å²) in [5, 5.41) is 18.4. The van der Waals surface area contributed by atoms with Crippen LogP contribution in [-0.2, 0) is 16.6 Å². The number of esters is 1. The first kappa shape index (κ1) is 15.3. The van der Waals surface area contributed by atoms with Gasteiger partial charge in [0.15, 0.2) is 0 Å². The van der Waals surface area contributed by atoms with E-state index in [4.69, 9.17) is 4.74 Å². The minimum Gasteiger partial charge on any atom is -0.469 e. The lowest BCUT2D eigenvalue weighted by Gasteiger charge is -2.27. The van der Waals surface area contributed by atoms with Crippen molar-refractivity contribution in [1.29, 1.82) is 0 Å². The number of hydrogen-bond donors (Lipinski definition) is 1. The second kappa shape index (κ2) is 6.11. The van der Waals surface area contributed by atoms with Crippen molar-refractivity contribution in [2.24, 2.45) is 13.0 Å². The van der Waals surface area contributed by atoms with Gasteiger partial charge in [0.2, 0.25) is 5.82 Å². The highest BCUT2D eigenvalue weighted by atomic mass is 16.6. The third-order valence-corrected chi connectivity index (χ3v) is 3.98. The first-order valence-electron chi connectivity index (χ1n) is 6.96. The fourth-order valence-electron chi connectivity index (χ4n) is 2.86. The first-order chi connectivity index (χ1) is 9.93. The largest absolute Gasteiger partial charge is 0.469 e. The van der Waals surface area contributed by atoms with Gasteiger partial charge in [0, 0.05) is 13.1 Å². The molecule has 1 N–H and O–H groups in total. The molecule has 1 fully saturated rings. The third-order valence-electron chi connectivity index (χ3n) is 3.98. The Morgan fingerprint density at radius 2 is 2.05 bits per heavy atom. The number of carbonyl (C=O) groups excluding carboxylic acids is 1. The fourth-order valence-corrected chi connectivity index (χ4v) is 2.86. The number of hydrogen-bond acceptors (Lipinski definition) is 6. The quantitative estimate of drug-likeness (QED) is 0.516. The molecular formula is C13H20N4O4. The number of nitro groups is 1. The van der Waals surface area contributed by atoms with Gasteiger partial charge in [-0.1, -0.05) is 0 Å². The molecule has 0 unspecified atom stereocenters. The van der Waals surface area contributed by atoms with Crippen molar-refractivity contribution < 1.29 is 14.5 Å². The lowest BCUT2D eigenvalue weighted by molar-refractivity contribution is -0.384. The number of aromatic nitrogens is 2. The van der Waals surface area contributed by atoms with E-state index in [1.165, 1.54) is 11.8 Å². The van der Waals surface area contributed by atoms with E-state index in [0.717, 1.165) is 25.7 Å². The average Bonchev–Trinajstić information content (AvgIpc) is 2.73. The number of anilines is 1. The van der Waals surface area contributed by atoms with Gasteiger partial charge in [0.05, 0.1) is 18.0 Å². The van der Waals surface area contributed by atoms with Gasteiger partial charge in [0.25, 0.3) is 0 Å². The van der Waals surface area contributed by atoms with Crippen LogP contribution in [0.5, 0.6) is 0 Å². The summed E-state index contributed by atoms with van der Waals surface area (Å²) in [4.78, 5) is 22.2. The van der Waals surface area contributed by atoms with Crippen LogP contribution in [0.3, 0.4) is 0 Å². The molecule has 1 aromatic rings. The van der Waals surface area contributed by atoms with Gasteiger partial charge in [-0.2, -0.15) is 5.10 Å². The van der Waals surface area contributed by atoms with Gasteiger partial charge in [-0.3, -0.25) is 14.9 Å². The lowest BCUT2D eigenvalue weighted by Crippen LogP contribution is -2.30. The Morgan fingerprint density at radius 1 is 1.43 bits per heavy atom. The predicted molar refractivity (Wildman–Crippen MR) is 76.0 cm³/mol. The van der Waals surface area contributed by atoms with Crippen LogP contribution in [0.4, 0.5) is 11.5 Å². The summed E-state index contributed by atoms with van der Waals surface area (Å²) in [6, 6.07) is 0.111.